The fourth-order valence-electron chi connectivity index (χ4n) is 0.819. The zero-order chi connectivity index (χ0) is 8.65. The van der Waals surface area contributed by atoms with E-state index in [0.717, 1.165) is 6.42 Å². The highest BCUT2D eigenvalue weighted by molar-refractivity contribution is 7.09. The van der Waals surface area contributed by atoms with Crippen LogP contribution in [0.25, 0.3) is 0 Å². The van der Waals surface area contributed by atoms with E-state index in [1.54, 1.807) is 11.3 Å². The summed E-state index contributed by atoms with van der Waals surface area (Å²) in [6.07, 6.45) is 0.735. The van der Waals surface area contributed by atoms with E-state index in [4.69, 9.17) is 5.11 Å². The van der Waals surface area contributed by atoms with Gasteiger partial charge < -0.3 is 5.11 Å². The number of hydrogen-bond acceptors (Lipinski definition) is 2. The fraction of sp³-hybridized carbons (Fsp3) is 0.200. The second-order valence-electron chi connectivity index (χ2n) is 2.32. The maximum Gasteiger partial charge on any atom is 0.0479 e. The summed E-state index contributed by atoms with van der Waals surface area (Å²) in [4.78, 5) is 1.19. The Kier molecular flexibility index (Phi) is 4.42. The molecule has 64 valence electrons. The topological polar surface area (TPSA) is 20.2 Å². The van der Waals surface area contributed by atoms with Crippen molar-refractivity contribution in [1.82, 2.24) is 0 Å². The first-order chi connectivity index (χ1) is 5.93. The maximum absolute atomic E-state index is 8.73. The van der Waals surface area contributed by atoms with Crippen molar-refractivity contribution in [2.45, 2.75) is 6.42 Å². The molecule has 0 fully saturated rings. The molecular formula is C10H12OS. The molecule has 1 N–H and O–H groups in total. The van der Waals surface area contributed by atoms with Gasteiger partial charge in [-0.25, -0.2) is 0 Å². The minimum atomic E-state index is 0.216. The zero-order valence-corrected chi connectivity index (χ0v) is 7.63. The van der Waals surface area contributed by atoms with Gasteiger partial charge in [-0.05, 0) is 11.4 Å². The molecule has 0 aromatic carbocycles. The molecule has 0 saturated heterocycles. The molecule has 0 spiro atoms. The lowest BCUT2D eigenvalue weighted by Crippen LogP contribution is -1.85. The number of rotatable bonds is 2. The van der Waals surface area contributed by atoms with Crippen LogP contribution in [0.5, 0.6) is 0 Å². The van der Waals surface area contributed by atoms with Gasteiger partial charge in [0.2, 0.25) is 0 Å². The van der Waals surface area contributed by atoms with E-state index in [9.17, 15) is 0 Å². The molecule has 12 heavy (non-hydrogen) atoms. The predicted octanol–water partition coefficient (Wildman–Crippen LogP) is 2.41. The molecule has 1 heterocycles. The number of hydrogen-bond donors (Lipinski definition) is 1. The smallest absolute Gasteiger partial charge is 0.0479 e. The highest BCUT2D eigenvalue weighted by atomic mass is 32.1. The summed E-state index contributed by atoms with van der Waals surface area (Å²) < 4.78 is 0. The van der Waals surface area contributed by atoms with Gasteiger partial charge in [-0.15, -0.1) is 11.3 Å². The Hall–Kier alpha value is -0.860. The lowest BCUT2D eigenvalue weighted by Gasteiger charge is -1.89. The highest BCUT2D eigenvalue weighted by Gasteiger charge is 1.85. The van der Waals surface area contributed by atoms with Gasteiger partial charge in [0.25, 0.3) is 0 Å². The van der Waals surface area contributed by atoms with E-state index in [0.29, 0.717) is 0 Å². The van der Waals surface area contributed by atoms with E-state index >= 15 is 0 Å². The van der Waals surface area contributed by atoms with Crippen LogP contribution in [-0.2, 0) is 6.42 Å². The summed E-state index contributed by atoms with van der Waals surface area (Å²) in [5.74, 6) is 0. The largest absolute Gasteiger partial charge is 0.396 e. The molecule has 0 radical (unpaired) electrons. The Bertz CT molecular complexity index is 242. The van der Waals surface area contributed by atoms with Crippen molar-refractivity contribution in [1.29, 1.82) is 0 Å². The third-order valence-corrected chi connectivity index (χ3v) is 2.32. The standard InChI is InChI=1S/C10H12OS/c11-8-7-10-6-4-2-1-3-5-9-12-10/h1-6,9,11H,7-8H2. The molecule has 0 amide bonds. The lowest BCUT2D eigenvalue weighted by molar-refractivity contribution is 0.300. The van der Waals surface area contributed by atoms with E-state index in [1.165, 1.54) is 4.88 Å². The molecular weight excluding hydrogens is 168 g/mol. The normalized spacial score (nSPS) is 9.08. The fourth-order valence-corrected chi connectivity index (χ4v) is 1.53. The Morgan fingerprint density at radius 2 is 1.83 bits per heavy atom. The van der Waals surface area contributed by atoms with Crippen LogP contribution in [0.1, 0.15) is 4.88 Å². The molecule has 2 heteroatoms. The van der Waals surface area contributed by atoms with Crippen molar-refractivity contribution in [2.24, 2.45) is 0 Å². The summed E-state index contributed by atoms with van der Waals surface area (Å²) >= 11 is 1.65. The molecule has 0 unspecified atom stereocenters. The van der Waals surface area contributed by atoms with Crippen molar-refractivity contribution in [3.63, 3.8) is 0 Å². The second-order valence-corrected chi connectivity index (χ2v) is 3.36. The van der Waals surface area contributed by atoms with Gasteiger partial charge >= 0.3 is 0 Å². The van der Waals surface area contributed by atoms with E-state index in [-0.39, 0.29) is 6.61 Å². The van der Waals surface area contributed by atoms with Crippen LogP contribution in [0.4, 0.5) is 0 Å². The second kappa shape index (κ2) is 5.75. The molecule has 1 aromatic heterocycles. The zero-order valence-electron chi connectivity index (χ0n) is 6.81. The molecule has 1 rings (SSSR count). The van der Waals surface area contributed by atoms with Crippen LogP contribution in [0.3, 0.4) is 0 Å². The Morgan fingerprint density at radius 1 is 1.08 bits per heavy atom. The monoisotopic (exact) mass is 180 g/mol. The number of aliphatic hydroxyl groups is 1. The maximum atomic E-state index is 8.73. The average molecular weight is 180 g/mol. The van der Waals surface area contributed by atoms with Crippen LogP contribution in [0.2, 0.25) is 0 Å². The summed E-state index contributed by atoms with van der Waals surface area (Å²) in [5.41, 5.74) is 0. The van der Waals surface area contributed by atoms with Gasteiger partial charge in [-0.3, -0.25) is 0 Å². The van der Waals surface area contributed by atoms with Crippen LogP contribution in [0, 0.1) is 0 Å². The third kappa shape index (κ3) is 3.51. The quantitative estimate of drug-likeness (QED) is 0.741. The van der Waals surface area contributed by atoms with Crippen molar-refractivity contribution >= 4 is 11.3 Å². The van der Waals surface area contributed by atoms with Crippen LogP contribution < -0.4 is 0 Å². The Balaban J connectivity index is 2.93. The first kappa shape index (κ1) is 9.23. The van der Waals surface area contributed by atoms with E-state index < -0.39 is 0 Å². The van der Waals surface area contributed by atoms with Crippen molar-refractivity contribution in [3.8, 4) is 0 Å². The molecule has 1 nitrogen and oxygen atoms in total. The lowest BCUT2D eigenvalue weighted by atomic mass is 10.3. The van der Waals surface area contributed by atoms with Gasteiger partial charge in [0.05, 0.1) is 0 Å². The van der Waals surface area contributed by atoms with Crippen LogP contribution in [-0.4, -0.2) is 11.7 Å². The molecule has 1 aromatic rings. The van der Waals surface area contributed by atoms with E-state index in [1.807, 2.05) is 41.8 Å². The summed E-state index contributed by atoms with van der Waals surface area (Å²) in [6.45, 7) is 0.216. The summed E-state index contributed by atoms with van der Waals surface area (Å²) in [7, 11) is 0. The molecule has 0 bridgehead atoms. The first-order valence-electron chi connectivity index (χ1n) is 3.90. The third-order valence-electron chi connectivity index (χ3n) is 1.38. The van der Waals surface area contributed by atoms with Crippen molar-refractivity contribution in [2.75, 3.05) is 6.61 Å². The number of aliphatic hydroxyl groups excluding tert-OH is 1. The van der Waals surface area contributed by atoms with Gasteiger partial charge in [-0.2, -0.15) is 0 Å². The van der Waals surface area contributed by atoms with Crippen LogP contribution in [0.15, 0.2) is 41.8 Å². The summed E-state index contributed by atoms with van der Waals surface area (Å²) in [6, 6.07) is 12.0. The van der Waals surface area contributed by atoms with Gasteiger partial charge in [0.1, 0.15) is 0 Å². The highest BCUT2D eigenvalue weighted by Crippen LogP contribution is 2.03. The van der Waals surface area contributed by atoms with Gasteiger partial charge in [0, 0.05) is 17.9 Å². The van der Waals surface area contributed by atoms with Gasteiger partial charge in [-0.1, -0.05) is 30.3 Å². The molecule has 0 aliphatic rings. The molecule has 0 aliphatic heterocycles. The van der Waals surface area contributed by atoms with Crippen molar-refractivity contribution in [3.05, 3.63) is 46.7 Å². The van der Waals surface area contributed by atoms with Crippen LogP contribution >= 0.6 is 11.3 Å². The summed E-state index contributed by atoms with van der Waals surface area (Å²) in [5, 5.41) is 10.8. The first-order valence-corrected chi connectivity index (χ1v) is 4.78. The van der Waals surface area contributed by atoms with Crippen molar-refractivity contribution < 1.29 is 5.11 Å². The minimum Gasteiger partial charge on any atom is -0.396 e. The SMILES string of the molecule is OCCc1cccccccs1. The Morgan fingerprint density at radius 3 is 2.67 bits per heavy atom. The Labute approximate surface area is 76.6 Å². The van der Waals surface area contributed by atoms with Gasteiger partial charge in [0.15, 0.2) is 0 Å². The average Bonchev–Trinajstić information content (AvgIpc) is 2.19. The molecule has 0 saturated carbocycles. The molecule has 0 atom stereocenters. The molecule has 0 aliphatic carbocycles. The predicted molar refractivity (Wildman–Crippen MR) is 52.7 cm³/mol. The van der Waals surface area contributed by atoms with E-state index in [2.05, 4.69) is 0 Å². The minimum absolute atomic E-state index is 0.216.